The highest BCUT2D eigenvalue weighted by Crippen LogP contribution is 2.24. The third-order valence-corrected chi connectivity index (χ3v) is 5.28. The lowest BCUT2D eigenvalue weighted by Gasteiger charge is -2.34. The largest absolute Gasteiger partial charge is 0.350 e. The fourth-order valence-electron chi connectivity index (χ4n) is 3.85. The Morgan fingerprint density at radius 1 is 1.11 bits per heavy atom. The van der Waals surface area contributed by atoms with Crippen LogP contribution in [-0.2, 0) is 0 Å². The second-order valence-corrected chi connectivity index (χ2v) is 7.09. The number of pyridine rings is 1. The first-order chi connectivity index (χ1) is 13.8. The van der Waals surface area contributed by atoms with Crippen LogP contribution in [0.4, 0.5) is 0 Å². The summed E-state index contributed by atoms with van der Waals surface area (Å²) in [5.74, 6) is 0.614. The molecule has 0 bridgehead atoms. The van der Waals surface area contributed by atoms with Gasteiger partial charge in [0, 0.05) is 36.9 Å². The van der Waals surface area contributed by atoms with Crippen LogP contribution in [0.2, 0.25) is 0 Å². The molecular weight excluding hydrogens is 350 g/mol. The average Bonchev–Trinajstić information content (AvgIpc) is 3.30. The average molecular weight is 375 g/mol. The molecule has 3 heterocycles. The summed E-state index contributed by atoms with van der Waals surface area (Å²) in [6.07, 6.45) is 10.8. The van der Waals surface area contributed by atoms with Crippen molar-refractivity contribution in [2.75, 3.05) is 19.6 Å². The molecule has 0 radical (unpaired) electrons. The number of hydrogen-bond acceptors (Lipinski definition) is 4. The van der Waals surface area contributed by atoms with Crippen LogP contribution in [0.15, 0.2) is 61.2 Å². The van der Waals surface area contributed by atoms with Crippen molar-refractivity contribution in [2.45, 2.75) is 25.3 Å². The summed E-state index contributed by atoms with van der Waals surface area (Å²) >= 11 is 0. The Morgan fingerprint density at radius 3 is 2.71 bits per heavy atom. The minimum Gasteiger partial charge on any atom is -0.350 e. The molecule has 1 aromatic carbocycles. The number of aromatic nitrogens is 3. The zero-order chi connectivity index (χ0) is 19.2. The van der Waals surface area contributed by atoms with Crippen molar-refractivity contribution >= 4 is 5.91 Å². The van der Waals surface area contributed by atoms with E-state index in [1.165, 1.54) is 19.3 Å². The number of carbonyl (C=O) groups excluding carboxylic acids is 1. The third-order valence-electron chi connectivity index (χ3n) is 5.28. The molecule has 2 N–H and O–H groups in total. The molecule has 144 valence electrons. The molecule has 0 saturated carbocycles. The number of piperidine rings is 1. The summed E-state index contributed by atoms with van der Waals surface area (Å²) in [6, 6.07) is 11.7. The molecular formula is C22H25N5O. The minimum atomic E-state index is -0.0853. The van der Waals surface area contributed by atoms with Crippen molar-refractivity contribution in [3.8, 4) is 11.4 Å². The number of benzene rings is 1. The number of rotatable bonds is 6. The van der Waals surface area contributed by atoms with Gasteiger partial charge in [-0.3, -0.25) is 14.7 Å². The lowest BCUT2D eigenvalue weighted by Crippen LogP contribution is -2.40. The van der Waals surface area contributed by atoms with E-state index in [4.69, 9.17) is 0 Å². The molecule has 1 saturated heterocycles. The highest BCUT2D eigenvalue weighted by atomic mass is 16.1. The van der Waals surface area contributed by atoms with E-state index in [-0.39, 0.29) is 11.9 Å². The van der Waals surface area contributed by atoms with Gasteiger partial charge in [0.2, 0.25) is 0 Å². The summed E-state index contributed by atoms with van der Waals surface area (Å²) < 4.78 is 0. The fourth-order valence-corrected chi connectivity index (χ4v) is 3.85. The van der Waals surface area contributed by atoms with Crippen molar-refractivity contribution in [1.29, 1.82) is 0 Å². The molecule has 1 fully saturated rings. The van der Waals surface area contributed by atoms with Gasteiger partial charge in [-0.1, -0.05) is 30.7 Å². The maximum atomic E-state index is 13.0. The molecule has 3 aromatic rings. The van der Waals surface area contributed by atoms with Gasteiger partial charge in [0.25, 0.3) is 5.91 Å². The SMILES string of the molecule is O=C(NC[C@@H](c1cccnc1)N1CCCCC1)c1ccccc1-c1ncc[nH]1. The van der Waals surface area contributed by atoms with Gasteiger partial charge in [-0.25, -0.2) is 4.98 Å². The molecule has 1 aliphatic rings. The van der Waals surface area contributed by atoms with Crippen LogP contribution in [-0.4, -0.2) is 45.4 Å². The number of amides is 1. The Hall–Kier alpha value is -2.99. The van der Waals surface area contributed by atoms with Gasteiger partial charge in [0.05, 0.1) is 11.6 Å². The summed E-state index contributed by atoms with van der Waals surface area (Å²) in [6.45, 7) is 2.66. The van der Waals surface area contributed by atoms with E-state index in [0.717, 1.165) is 24.2 Å². The van der Waals surface area contributed by atoms with Crippen LogP contribution in [0, 0.1) is 0 Å². The maximum absolute atomic E-state index is 13.0. The normalized spacial score (nSPS) is 15.9. The van der Waals surface area contributed by atoms with Crippen molar-refractivity contribution in [3.63, 3.8) is 0 Å². The Kier molecular flexibility index (Phi) is 5.77. The number of likely N-dealkylation sites (tertiary alicyclic amines) is 1. The number of nitrogens with zero attached hydrogens (tertiary/aromatic N) is 3. The van der Waals surface area contributed by atoms with Gasteiger partial charge in [-0.2, -0.15) is 0 Å². The van der Waals surface area contributed by atoms with Gasteiger partial charge >= 0.3 is 0 Å². The first-order valence-corrected chi connectivity index (χ1v) is 9.84. The molecule has 0 aliphatic carbocycles. The van der Waals surface area contributed by atoms with Crippen LogP contribution < -0.4 is 5.32 Å². The number of hydrogen-bond donors (Lipinski definition) is 2. The van der Waals surface area contributed by atoms with Gasteiger partial charge in [0.15, 0.2) is 0 Å². The number of nitrogens with one attached hydrogen (secondary N) is 2. The molecule has 0 spiro atoms. The molecule has 1 atom stereocenters. The number of H-pyrrole nitrogens is 1. The molecule has 0 unspecified atom stereocenters. The third kappa shape index (κ3) is 4.12. The van der Waals surface area contributed by atoms with E-state index in [1.54, 1.807) is 18.6 Å². The Balaban J connectivity index is 1.52. The molecule has 4 rings (SSSR count). The molecule has 28 heavy (non-hydrogen) atoms. The van der Waals surface area contributed by atoms with Crippen molar-refractivity contribution < 1.29 is 4.79 Å². The van der Waals surface area contributed by atoms with Gasteiger partial charge < -0.3 is 10.3 Å². The van der Waals surface area contributed by atoms with Crippen molar-refractivity contribution in [3.05, 3.63) is 72.3 Å². The molecule has 2 aromatic heterocycles. The monoisotopic (exact) mass is 375 g/mol. The topological polar surface area (TPSA) is 73.9 Å². The zero-order valence-electron chi connectivity index (χ0n) is 15.8. The first-order valence-electron chi connectivity index (χ1n) is 9.84. The predicted molar refractivity (Wildman–Crippen MR) is 109 cm³/mol. The van der Waals surface area contributed by atoms with E-state index in [2.05, 4.69) is 31.2 Å². The second kappa shape index (κ2) is 8.80. The smallest absolute Gasteiger partial charge is 0.252 e. The Bertz CT molecular complexity index is 888. The summed E-state index contributed by atoms with van der Waals surface area (Å²) in [4.78, 5) is 27.1. The lowest BCUT2D eigenvalue weighted by molar-refractivity contribution is 0.0925. The van der Waals surface area contributed by atoms with Gasteiger partial charge in [-0.05, 0) is 43.6 Å². The lowest BCUT2D eigenvalue weighted by atomic mass is 10.0. The van der Waals surface area contributed by atoms with E-state index >= 15 is 0 Å². The Labute approximate surface area is 165 Å². The fraction of sp³-hybridized carbons (Fsp3) is 0.318. The van der Waals surface area contributed by atoms with Crippen LogP contribution >= 0.6 is 0 Å². The van der Waals surface area contributed by atoms with E-state index in [0.29, 0.717) is 17.9 Å². The molecule has 1 amide bonds. The first kappa shape index (κ1) is 18.4. The van der Waals surface area contributed by atoms with Crippen molar-refractivity contribution in [1.82, 2.24) is 25.2 Å². The highest BCUT2D eigenvalue weighted by Gasteiger charge is 2.24. The zero-order valence-corrected chi connectivity index (χ0v) is 15.8. The Morgan fingerprint density at radius 2 is 1.96 bits per heavy atom. The summed E-state index contributed by atoms with van der Waals surface area (Å²) in [5.41, 5.74) is 2.57. The summed E-state index contributed by atoms with van der Waals surface area (Å²) in [5, 5.41) is 3.15. The van der Waals surface area contributed by atoms with Crippen molar-refractivity contribution in [2.24, 2.45) is 0 Å². The standard InChI is InChI=1S/C22H25N5O/c28-22(19-9-3-2-8-18(19)21-24-11-12-25-21)26-16-20(17-7-6-10-23-15-17)27-13-4-1-5-14-27/h2-3,6-12,15,20H,1,4-5,13-14,16H2,(H,24,25)(H,26,28)/t20-/m0/s1. The van der Waals surface area contributed by atoms with E-state index in [1.807, 2.05) is 36.5 Å². The van der Waals surface area contributed by atoms with Crippen LogP contribution in [0.5, 0.6) is 0 Å². The molecule has 1 aliphatic heterocycles. The molecule has 6 heteroatoms. The number of aromatic amines is 1. The van der Waals surface area contributed by atoms with Crippen LogP contribution in [0.25, 0.3) is 11.4 Å². The predicted octanol–water partition coefficient (Wildman–Crippen LogP) is 3.43. The van der Waals surface area contributed by atoms with Gasteiger partial charge in [-0.15, -0.1) is 0 Å². The van der Waals surface area contributed by atoms with Crippen LogP contribution in [0.3, 0.4) is 0 Å². The maximum Gasteiger partial charge on any atom is 0.252 e. The van der Waals surface area contributed by atoms with Crippen LogP contribution in [0.1, 0.15) is 41.2 Å². The summed E-state index contributed by atoms with van der Waals surface area (Å²) in [7, 11) is 0. The highest BCUT2D eigenvalue weighted by molar-refractivity contribution is 6.00. The van der Waals surface area contributed by atoms with E-state index in [9.17, 15) is 4.79 Å². The molecule has 6 nitrogen and oxygen atoms in total. The second-order valence-electron chi connectivity index (χ2n) is 7.09. The number of carbonyl (C=O) groups is 1. The minimum absolute atomic E-state index is 0.0853. The quantitative estimate of drug-likeness (QED) is 0.692. The van der Waals surface area contributed by atoms with Gasteiger partial charge in [0.1, 0.15) is 5.82 Å². The number of imidazole rings is 1. The van der Waals surface area contributed by atoms with E-state index < -0.39 is 0 Å².